The highest BCUT2D eigenvalue weighted by Gasteiger charge is 1.58. The van der Waals surface area contributed by atoms with Crippen LogP contribution in [0.15, 0.2) is 0 Å². The first kappa shape index (κ1) is 4.78. The van der Waals surface area contributed by atoms with Crippen LogP contribution in [-0.4, -0.2) is 9.79 Å². The van der Waals surface area contributed by atoms with Gasteiger partial charge in [0.05, 0.1) is 17.0 Å². The quantitative estimate of drug-likeness (QED) is 0.455. The van der Waals surface area contributed by atoms with Gasteiger partial charge in [0.25, 0.3) is 0 Å². The molecule has 0 amide bonds. The molecule has 0 aromatic carbocycles. The lowest BCUT2D eigenvalue weighted by Crippen LogP contribution is -1.22. The van der Waals surface area contributed by atoms with E-state index < -0.39 is 0 Å². The van der Waals surface area contributed by atoms with E-state index in [-0.39, 0.29) is 17.0 Å². The Kier molecular flexibility index (Phi) is 4.52. The maximum atomic E-state index is 7.67. The van der Waals surface area contributed by atoms with Crippen LogP contribution in [0, 0.1) is 0 Å². The highest BCUT2D eigenvalue weighted by molar-refractivity contribution is 8.06. The Hall–Kier alpha value is 0.780. The van der Waals surface area contributed by atoms with Gasteiger partial charge in [0, 0.05) is 0 Å². The molecule has 4 heavy (non-hydrogen) atoms. The number of rotatable bonds is 1. The molecule has 0 saturated carbocycles. The Morgan fingerprint density at radius 1 is 1.00 bits per heavy atom. The SMILES string of the molecule is OPPO. The lowest BCUT2D eigenvalue weighted by Gasteiger charge is -1.69. The first-order valence-electron chi connectivity index (χ1n) is 0.697. The summed E-state index contributed by atoms with van der Waals surface area (Å²) in [5, 5.41) is 0. The fourth-order valence-corrected chi connectivity index (χ4v) is 0. The summed E-state index contributed by atoms with van der Waals surface area (Å²) in [6.07, 6.45) is 0. The molecular formula is H4O2P2. The van der Waals surface area contributed by atoms with Crippen molar-refractivity contribution in [1.29, 1.82) is 0 Å². The molecule has 26 valence electrons. The standard InChI is InChI=1S/H4O2P2/c1-3-4-2/h1-4H. The molecule has 0 aromatic heterocycles. The van der Waals surface area contributed by atoms with Crippen molar-refractivity contribution in [2.24, 2.45) is 0 Å². The zero-order valence-electron chi connectivity index (χ0n) is 1.89. The summed E-state index contributed by atoms with van der Waals surface area (Å²) in [4.78, 5) is 15.3. The molecular weight excluding hydrogens is 93.9 g/mol. The fraction of sp³-hybridized carbons (Fsp3) is 0. The largest absolute Gasteiger partial charge is 0.370 e. The zero-order valence-corrected chi connectivity index (χ0v) is 3.89. The van der Waals surface area contributed by atoms with Crippen molar-refractivity contribution in [2.45, 2.75) is 0 Å². The molecule has 0 heterocycles. The minimum absolute atomic E-state index is 0.276. The first-order valence-corrected chi connectivity index (χ1v) is 3.59. The Balaban J connectivity index is 1.97. The van der Waals surface area contributed by atoms with Gasteiger partial charge in [-0.1, -0.05) is 0 Å². The zero-order chi connectivity index (χ0) is 3.41. The fourth-order valence-electron chi connectivity index (χ4n) is 0. The van der Waals surface area contributed by atoms with Crippen molar-refractivity contribution >= 4 is 17.0 Å². The minimum atomic E-state index is -0.276. The van der Waals surface area contributed by atoms with Crippen molar-refractivity contribution in [1.82, 2.24) is 0 Å². The molecule has 0 spiro atoms. The summed E-state index contributed by atoms with van der Waals surface area (Å²) in [5.41, 5.74) is 0. The van der Waals surface area contributed by atoms with Crippen LogP contribution in [0.3, 0.4) is 0 Å². The van der Waals surface area contributed by atoms with E-state index in [0.29, 0.717) is 0 Å². The van der Waals surface area contributed by atoms with Crippen LogP contribution in [-0.2, 0) is 0 Å². The molecule has 4 heteroatoms. The van der Waals surface area contributed by atoms with Gasteiger partial charge in [-0.05, 0) is 0 Å². The second-order valence-electron chi connectivity index (χ2n) is 0.224. The third kappa shape index (κ3) is 2.78. The van der Waals surface area contributed by atoms with Crippen LogP contribution >= 0.6 is 17.0 Å². The van der Waals surface area contributed by atoms with Crippen LogP contribution in [0.2, 0.25) is 0 Å². The van der Waals surface area contributed by atoms with Gasteiger partial charge < -0.3 is 9.79 Å². The van der Waals surface area contributed by atoms with Gasteiger partial charge >= 0.3 is 0 Å². The minimum Gasteiger partial charge on any atom is -0.370 e. The molecule has 0 fully saturated rings. The van der Waals surface area contributed by atoms with Crippen molar-refractivity contribution < 1.29 is 9.79 Å². The van der Waals surface area contributed by atoms with Crippen molar-refractivity contribution in [3.8, 4) is 0 Å². The number of hydrogen-bond donors (Lipinski definition) is 2. The van der Waals surface area contributed by atoms with Crippen LogP contribution in [0.1, 0.15) is 0 Å². The van der Waals surface area contributed by atoms with Gasteiger partial charge in [-0.25, -0.2) is 0 Å². The van der Waals surface area contributed by atoms with Crippen molar-refractivity contribution in [3.05, 3.63) is 0 Å². The topological polar surface area (TPSA) is 40.5 Å². The monoisotopic (exact) mass is 98.0 g/mol. The molecule has 2 atom stereocenters. The Morgan fingerprint density at radius 3 is 1.25 bits per heavy atom. The summed E-state index contributed by atoms with van der Waals surface area (Å²) in [5.74, 6) is 0. The van der Waals surface area contributed by atoms with E-state index in [4.69, 9.17) is 9.79 Å². The Bertz CT molecular complexity index is 6.00. The molecule has 2 N–H and O–H groups in total. The van der Waals surface area contributed by atoms with E-state index in [1.165, 1.54) is 0 Å². The molecule has 0 aliphatic carbocycles. The molecule has 0 saturated heterocycles. The first-order chi connectivity index (χ1) is 1.91. The van der Waals surface area contributed by atoms with Crippen LogP contribution < -0.4 is 0 Å². The average Bonchev–Trinajstić information content (AvgIpc) is 1.37. The van der Waals surface area contributed by atoms with E-state index in [0.717, 1.165) is 0 Å². The molecule has 2 nitrogen and oxygen atoms in total. The molecule has 0 rings (SSSR count). The van der Waals surface area contributed by atoms with Crippen molar-refractivity contribution in [3.63, 3.8) is 0 Å². The smallest absolute Gasteiger partial charge is 0.0598 e. The van der Waals surface area contributed by atoms with E-state index in [9.17, 15) is 0 Å². The maximum absolute atomic E-state index is 7.67. The molecule has 0 bridgehead atoms. The third-order valence-electron chi connectivity index (χ3n) is 0.0500. The van der Waals surface area contributed by atoms with Gasteiger partial charge in [-0.2, -0.15) is 0 Å². The van der Waals surface area contributed by atoms with Crippen LogP contribution in [0.4, 0.5) is 0 Å². The van der Waals surface area contributed by atoms with Crippen LogP contribution in [0.5, 0.6) is 0 Å². The second-order valence-corrected chi connectivity index (χ2v) is 2.01. The lowest BCUT2D eigenvalue weighted by atomic mass is 15.9. The summed E-state index contributed by atoms with van der Waals surface area (Å²) in [6, 6.07) is 0. The third-order valence-corrected chi connectivity index (χ3v) is 0.450. The molecule has 0 aromatic rings. The highest BCUT2D eigenvalue weighted by Crippen LogP contribution is 2.26. The number of hydrogen-bond acceptors (Lipinski definition) is 2. The average molecular weight is 98.0 g/mol. The molecule has 0 aliphatic rings. The van der Waals surface area contributed by atoms with E-state index in [1.807, 2.05) is 0 Å². The second kappa shape index (κ2) is 3.78. The molecule has 2 unspecified atom stereocenters. The predicted molar refractivity (Wildman–Crippen MR) is 21.1 cm³/mol. The van der Waals surface area contributed by atoms with Crippen LogP contribution in [0.25, 0.3) is 0 Å². The molecule has 0 aliphatic heterocycles. The Labute approximate surface area is 27.9 Å². The molecule has 0 radical (unpaired) electrons. The summed E-state index contributed by atoms with van der Waals surface area (Å²) in [6.45, 7) is 0. The predicted octanol–water partition coefficient (Wildman–Crippen LogP) is 0.0730. The van der Waals surface area contributed by atoms with Gasteiger partial charge in [-0.15, -0.1) is 0 Å². The normalized spacial score (nSPS) is 13.5. The van der Waals surface area contributed by atoms with E-state index in [1.54, 1.807) is 0 Å². The van der Waals surface area contributed by atoms with E-state index in [2.05, 4.69) is 0 Å². The highest BCUT2D eigenvalue weighted by atomic mass is 32.0. The summed E-state index contributed by atoms with van der Waals surface area (Å²) in [7, 11) is -0.552. The van der Waals surface area contributed by atoms with Crippen molar-refractivity contribution in [2.75, 3.05) is 0 Å². The maximum Gasteiger partial charge on any atom is 0.0598 e. The Morgan fingerprint density at radius 2 is 1.25 bits per heavy atom. The summed E-state index contributed by atoms with van der Waals surface area (Å²) < 4.78 is 0. The van der Waals surface area contributed by atoms with Gasteiger partial charge in [0.2, 0.25) is 0 Å². The van der Waals surface area contributed by atoms with E-state index >= 15 is 0 Å². The summed E-state index contributed by atoms with van der Waals surface area (Å²) >= 11 is 0. The van der Waals surface area contributed by atoms with Gasteiger partial charge in [-0.3, -0.25) is 0 Å². The lowest BCUT2D eigenvalue weighted by molar-refractivity contribution is 0.634. The van der Waals surface area contributed by atoms with Gasteiger partial charge in [0.1, 0.15) is 0 Å². The van der Waals surface area contributed by atoms with Gasteiger partial charge in [0.15, 0.2) is 0 Å².